The van der Waals surface area contributed by atoms with E-state index in [9.17, 15) is 0 Å². The molecule has 17 heavy (non-hydrogen) atoms. The summed E-state index contributed by atoms with van der Waals surface area (Å²) in [7, 11) is 0. The molecule has 3 nitrogen and oxygen atoms in total. The number of ether oxygens (including phenoxy) is 2. The fourth-order valence-electron chi connectivity index (χ4n) is 3.04. The molecule has 1 aliphatic carbocycles. The lowest BCUT2D eigenvalue weighted by Gasteiger charge is -2.32. The quantitative estimate of drug-likeness (QED) is 0.774. The molecule has 1 heterocycles. The highest BCUT2D eigenvalue weighted by Crippen LogP contribution is 2.29. The second-order valence-electron chi connectivity index (χ2n) is 5.43. The standard InChI is InChI=1S/C14H27NO2/c1-2-7-15-13(10-12-5-3-4-6-12)14-11-16-8-9-17-14/h12-15H,2-11H2,1H3. The maximum absolute atomic E-state index is 5.86. The molecular weight excluding hydrogens is 214 g/mol. The van der Waals surface area contributed by atoms with Gasteiger partial charge in [-0.05, 0) is 25.3 Å². The van der Waals surface area contributed by atoms with Gasteiger partial charge < -0.3 is 14.8 Å². The fraction of sp³-hybridized carbons (Fsp3) is 1.00. The van der Waals surface area contributed by atoms with Gasteiger partial charge in [0.1, 0.15) is 0 Å². The van der Waals surface area contributed by atoms with Crippen molar-refractivity contribution in [2.45, 2.75) is 57.6 Å². The smallest absolute Gasteiger partial charge is 0.0962 e. The van der Waals surface area contributed by atoms with Crippen molar-refractivity contribution in [2.24, 2.45) is 5.92 Å². The molecule has 1 saturated carbocycles. The summed E-state index contributed by atoms with van der Waals surface area (Å²) in [4.78, 5) is 0. The van der Waals surface area contributed by atoms with Crippen LogP contribution in [0.15, 0.2) is 0 Å². The topological polar surface area (TPSA) is 30.5 Å². The summed E-state index contributed by atoms with van der Waals surface area (Å²) >= 11 is 0. The van der Waals surface area contributed by atoms with Crippen molar-refractivity contribution < 1.29 is 9.47 Å². The van der Waals surface area contributed by atoms with Crippen LogP contribution in [0, 0.1) is 5.92 Å². The molecule has 1 aliphatic heterocycles. The van der Waals surface area contributed by atoms with E-state index >= 15 is 0 Å². The van der Waals surface area contributed by atoms with Crippen molar-refractivity contribution in [3.8, 4) is 0 Å². The van der Waals surface area contributed by atoms with Gasteiger partial charge in [-0.15, -0.1) is 0 Å². The average molecular weight is 241 g/mol. The molecular formula is C14H27NO2. The first kappa shape index (κ1) is 13.3. The van der Waals surface area contributed by atoms with Gasteiger partial charge in [0, 0.05) is 6.04 Å². The van der Waals surface area contributed by atoms with Gasteiger partial charge in [-0.25, -0.2) is 0 Å². The molecule has 2 aliphatic rings. The summed E-state index contributed by atoms with van der Waals surface area (Å²) in [5.41, 5.74) is 0. The Labute approximate surface area is 105 Å². The molecule has 1 N–H and O–H groups in total. The van der Waals surface area contributed by atoms with E-state index in [2.05, 4.69) is 12.2 Å². The third-order valence-corrected chi connectivity index (χ3v) is 4.01. The lowest BCUT2D eigenvalue weighted by atomic mass is 9.95. The Kier molecular flexibility index (Phi) is 5.75. The average Bonchev–Trinajstić information content (AvgIpc) is 2.88. The monoisotopic (exact) mass is 241 g/mol. The predicted molar refractivity (Wildman–Crippen MR) is 69.2 cm³/mol. The van der Waals surface area contributed by atoms with Crippen molar-refractivity contribution in [3.05, 3.63) is 0 Å². The molecule has 0 aromatic heterocycles. The number of hydrogen-bond donors (Lipinski definition) is 1. The van der Waals surface area contributed by atoms with Crippen LogP contribution in [0.1, 0.15) is 45.4 Å². The minimum Gasteiger partial charge on any atom is -0.376 e. The van der Waals surface area contributed by atoms with Crippen molar-refractivity contribution in [2.75, 3.05) is 26.4 Å². The van der Waals surface area contributed by atoms with Crippen molar-refractivity contribution in [1.29, 1.82) is 0 Å². The molecule has 100 valence electrons. The zero-order valence-electron chi connectivity index (χ0n) is 11.1. The minimum absolute atomic E-state index is 0.274. The third-order valence-electron chi connectivity index (χ3n) is 4.01. The maximum atomic E-state index is 5.86. The molecule has 2 atom stereocenters. The van der Waals surface area contributed by atoms with Crippen LogP contribution in [-0.4, -0.2) is 38.5 Å². The van der Waals surface area contributed by atoms with Crippen LogP contribution in [0.2, 0.25) is 0 Å². The SMILES string of the molecule is CCCNC(CC1CCCC1)C1COCCO1. The van der Waals surface area contributed by atoms with Gasteiger partial charge in [-0.3, -0.25) is 0 Å². The second-order valence-corrected chi connectivity index (χ2v) is 5.43. The Morgan fingerprint density at radius 3 is 2.71 bits per heavy atom. The Bertz CT molecular complexity index is 198. The van der Waals surface area contributed by atoms with E-state index in [-0.39, 0.29) is 6.10 Å². The molecule has 0 radical (unpaired) electrons. The van der Waals surface area contributed by atoms with E-state index in [4.69, 9.17) is 9.47 Å². The zero-order valence-corrected chi connectivity index (χ0v) is 11.1. The summed E-state index contributed by atoms with van der Waals surface area (Å²) in [5.74, 6) is 0.912. The van der Waals surface area contributed by atoms with Gasteiger partial charge in [-0.2, -0.15) is 0 Å². The van der Waals surface area contributed by atoms with Gasteiger partial charge in [0.15, 0.2) is 0 Å². The maximum Gasteiger partial charge on any atom is 0.0962 e. The third kappa shape index (κ3) is 4.23. The van der Waals surface area contributed by atoms with E-state index in [1.54, 1.807) is 0 Å². The first-order chi connectivity index (χ1) is 8.40. The van der Waals surface area contributed by atoms with Crippen LogP contribution in [-0.2, 0) is 9.47 Å². The molecule has 1 saturated heterocycles. The van der Waals surface area contributed by atoms with Gasteiger partial charge in [0.05, 0.1) is 25.9 Å². The normalized spacial score (nSPS) is 28.4. The molecule has 2 unspecified atom stereocenters. The van der Waals surface area contributed by atoms with Crippen molar-refractivity contribution in [3.63, 3.8) is 0 Å². The molecule has 0 amide bonds. The Morgan fingerprint density at radius 1 is 1.24 bits per heavy atom. The van der Waals surface area contributed by atoms with Gasteiger partial charge in [0.25, 0.3) is 0 Å². The first-order valence-corrected chi connectivity index (χ1v) is 7.33. The van der Waals surface area contributed by atoms with Gasteiger partial charge in [-0.1, -0.05) is 32.6 Å². The lowest BCUT2D eigenvalue weighted by molar-refractivity contribution is -0.104. The Hall–Kier alpha value is -0.120. The molecule has 3 heteroatoms. The van der Waals surface area contributed by atoms with Crippen LogP contribution in [0.5, 0.6) is 0 Å². The molecule has 0 spiro atoms. The molecule has 0 bridgehead atoms. The van der Waals surface area contributed by atoms with E-state index in [0.29, 0.717) is 6.04 Å². The van der Waals surface area contributed by atoms with E-state index in [1.807, 2.05) is 0 Å². The van der Waals surface area contributed by atoms with Crippen LogP contribution >= 0.6 is 0 Å². The predicted octanol–water partition coefficient (Wildman–Crippen LogP) is 2.35. The van der Waals surface area contributed by atoms with Gasteiger partial charge in [0.2, 0.25) is 0 Å². The largest absolute Gasteiger partial charge is 0.376 e. The van der Waals surface area contributed by atoms with E-state index in [1.165, 1.54) is 38.5 Å². The van der Waals surface area contributed by atoms with E-state index < -0.39 is 0 Å². The first-order valence-electron chi connectivity index (χ1n) is 7.33. The molecule has 2 fully saturated rings. The van der Waals surface area contributed by atoms with Crippen LogP contribution < -0.4 is 5.32 Å². The fourth-order valence-corrected chi connectivity index (χ4v) is 3.04. The van der Waals surface area contributed by atoms with E-state index in [0.717, 1.165) is 32.3 Å². The van der Waals surface area contributed by atoms with Crippen molar-refractivity contribution in [1.82, 2.24) is 5.32 Å². The summed E-state index contributed by atoms with van der Waals surface area (Å²) in [5, 5.41) is 3.66. The minimum atomic E-state index is 0.274. The highest BCUT2D eigenvalue weighted by molar-refractivity contribution is 4.83. The Morgan fingerprint density at radius 2 is 2.06 bits per heavy atom. The number of rotatable bonds is 6. The second kappa shape index (κ2) is 7.34. The number of hydrogen-bond acceptors (Lipinski definition) is 3. The van der Waals surface area contributed by atoms with Crippen molar-refractivity contribution >= 4 is 0 Å². The summed E-state index contributed by atoms with van der Waals surface area (Å²) in [6.07, 6.45) is 8.41. The molecule has 0 aromatic rings. The highest BCUT2D eigenvalue weighted by atomic mass is 16.6. The Balaban J connectivity index is 1.81. The zero-order chi connectivity index (χ0) is 11.9. The van der Waals surface area contributed by atoms with Crippen LogP contribution in [0.4, 0.5) is 0 Å². The number of nitrogens with one attached hydrogen (secondary N) is 1. The van der Waals surface area contributed by atoms with Crippen LogP contribution in [0.25, 0.3) is 0 Å². The lowest BCUT2D eigenvalue weighted by Crippen LogP contribution is -2.47. The summed E-state index contributed by atoms with van der Waals surface area (Å²) in [6.45, 7) is 5.61. The van der Waals surface area contributed by atoms with Gasteiger partial charge >= 0.3 is 0 Å². The summed E-state index contributed by atoms with van der Waals surface area (Å²) < 4.78 is 11.4. The summed E-state index contributed by atoms with van der Waals surface area (Å²) in [6, 6.07) is 0.498. The molecule has 2 rings (SSSR count). The molecule has 0 aromatic carbocycles. The highest BCUT2D eigenvalue weighted by Gasteiger charge is 2.28. The van der Waals surface area contributed by atoms with Crippen LogP contribution in [0.3, 0.4) is 0 Å².